The summed E-state index contributed by atoms with van der Waals surface area (Å²) in [5, 5.41) is 6.65. The predicted octanol–water partition coefficient (Wildman–Crippen LogP) is 2.33. The molecule has 2 rings (SSSR count). The van der Waals surface area contributed by atoms with E-state index in [4.69, 9.17) is 4.74 Å². The maximum atomic E-state index is 11.3. The van der Waals surface area contributed by atoms with Gasteiger partial charge in [0.05, 0.1) is 12.9 Å². The monoisotopic (exact) mass is 495 g/mol. The van der Waals surface area contributed by atoms with Crippen LogP contribution in [0.1, 0.15) is 31.7 Å². The lowest BCUT2D eigenvalue weighted by Gasteiger charge is -2.22. The molecule has 0 spiro atoms. The highest BCUT2D eigenvalue weighted by Crippen LogP contribution is 2.50. The second-order valence-electron chi connectivity index (χ2n) is 6.87. The number of guanidine groups is 1. The number of sulfone groups is 1. The zero-order chi connectivity index (χ0) is 18.5. The van der Waals surface area contributed by atoms with E-state index >= 15 is 0 Å². The molecule has 26 heavy (non-hydrogen) atoms. The molecule has 1 saturated carbocycles. The van der Waals surface area contributed by atoms with Gasteiger partial charge in [0.25, 0.3) is 0 Å². The molecular formula is C18H30IN3O3S. The minimum Gasteiger partial charge on any atom is -0.496 e. The van der Waals surface area contributed by atoms with E-state index in [9.17, 15) is 8.42 Å². The minimum atomic E-state index is -2.95. The second-order valence-corrected chi connectivity index (χ2v) is 9.13. The number of para-hydroxylation sites is 1. The average Bonchev–Trinajstić information content (AvgIpc) is 3.37. The zero-order valence-corrected chi connectivity index (χ0v) is 19.1. The molecule has 1 atom stereocenters. The van der Waals surface area contributed by atoms with E-state index in [0.717, 1.165) is 25.1 Å². The summed E-state index contributed by atoms with van der Waals surface area (Å²) in [7, 11) is 0.479. The van der Waals surface area contributed by atoms with Crippen LogP contribution < -0.4 is 15.4 Å². The molecule has 0 saturated heterocycles. The van der Waals surface area contributed by atoms with E-state index in [1.54, 1.807) is 14.2 Å². The fourth-order valence-electron chi connectivity index (χ4n) is 2.92. The molecule has 1 aliphatic carbocycles. The van der Waals surface area contributed by atoms with Crippen LogP contribution in [-0.2, 0) is 15.3 Å². The Labute approximate surface area is 174 Å². The third-order valence-corrected chi connectivity index (χ3v) is 5.63. The van der Waals surface area contributed by atoms with Crippen molar-refractivity contribution in [3.63, 3.8) is 0 Å². The Morgan fingerprint density at radius 3 is 2.54 bits per heavy atom. The summed E-state index contributed by atoms with van der Waals surface area (Å²) in [6, 6.07) is 8.17. The van der Waals surface area contributed by atoms with Crippen LogP contribution >= 0.6 is 24.0 Å². The molecule has 0 bridgehead atoms. The number of hydrogen-bond acceptors (Lipinski definition) is 4. The molecule has 6 nitrogen and oxygen atoms in total. The van der Waals surface area contributed by atoms with Crippen LogP contribution in [0.15, 0.2) is 29.3 Å². The predicted molar refractivity (Wildman–Crippen MR) is 118 cm³/mol. The van der Waals surface area contributed by atoms with Crippen molar-refractivity contribution in [1.29, 1.82) is 0 Å². The molecule has 0 heterocycles. The average molecular weight is 495 g/mol. The van der Waals surface area contributed by atoms with Gasteiger partial charge in [-0.05, 0) is 32.3 Å². The lowest BCUT2D eigenvalue weighted by atomic mass is 9.95. The number of benzene rings is 1. The van der Waals surface area contributed by atoms with Crippen molar-refractivity contribution in [2.75, 3.05) is 32.7 Å². The van der Waals surface area contributed by atoms with Gasteiger partial charge in [0, 0.05) is 36.9 Å². The van der Waals surface area contributed by atoms with E-state index in [1.165, 1.54) is 11.8 Å². The van der Waals surface area contributed by atoms with Gasteiger partial charge in [-0.3, -0.25) is 4.99 Å². The smallest absolute Gasteiger partial charge is 0.191 e. The van der Waals surface area contributed by atoms with Crippen LogP contribution in [0.4, 0.5) is 0 Å². The summed E-state index contributed by atoms with van der Waals surface area (Å²) in [6.45, 7) is 2.73. The Morgan fingerprint density at radius 2 is 2.00 bits per heavy atom. The molecule has 1 aromatic rings. The highest BCUT2D eigenvalue weighted by atomic mass is 127. The third-order valence-electron chi connectivity index (χ3n) is 4.65. The Kier molecular flexibility index (Phi) is 8.65. The van der Waals surface area contributed by atoms with Gasteiger partial charge in [-0.15, -0.1) is 24.0 Å². The van der Waals surface area contributed by atoms with Gasteiger partial charge >= 0.3 is 0 Å². The summed E-state index contributed by atoms with van der Waals surface area (Å²) < 4.78 is 28.1. The van der Waals surface area contributed by atoms with Crippen molar-refractivity contribution >= 4 is 39.8 Å². The fourth-order valence-corrected chi connectivity index (χ4v) is 3.70. The second kappa shape index (κ2) is 9.77. The molecular weight excluding hydrogens is 465 g/mol. The largest absolute Gasteiger partial charge is 0.496 e. The Hall–Kier alpha value is -1.03. The molecule has 0 aromatic heterocycles. The molecule has 1 unspecified atom stereocenters. The number of halogens is 1. The molecule has 8 heteroatoms. The first-order valence-electron chi connectivity index (χ1n) is 8.58. The van der Waals surface area contributed by atoms with Gasteiger partial charge in [-0.2, -0.15) is 0 Å². The number of nitrogens with zero attached hydrogens (tertiary/aromatic N) is 1. The Balaban J connectivity index is 0.00000338. The molecule has 2 N–H and O–H groups in total. The van der Waals surface area contributed by atoms with E-state index in [-0.39, 0.29) is 41.2 Å². The highest BCUT2D eigenvalue weighted by Gasteiger charge is 2.46. The number of methoxy groups -OCH3 is 1. The summed E-state index contributed by atoms with van der Waals surface area (Å²) in [4.78, 5) is 4.25. The first-order valence-corrected chi connectivity index (χ1v) is 10.6. The molecule has 0 aliphatic heterocycles. The molecule has 1 aromatic carbocycles. The summed E-state index contributed by atoms with van der Waals surface area (Å²) in [6.07, 6.45) is 4.04. The maximum absolute atomic E-state index is 11.3. The number of rotatable bonds is 8. The highest BCUT2D eigenvalue weighted by molar-refractivity contribution is 14.0. The lowest BCUT2D eigenvalue weighted by Crippen LogP contribution is -2.45. The lowest BCUT2D eigenvalue weighted by molar-refractivity contribution is 0.403. The van der Waals surface area contributed by atoms with Crippen molar-refractivity contribution in [3.8, 4) is 5.75 Å². The SMILES string of the molecule is CN=C(NCC1(c2ccccc2OC)CC1)NC(C)CCS(C)(=O)=O.I. The van der Waals surface area contributed by atoms with Gasteiger partial charge < -0.3 is 15.4 Å². The Morgan fingerprint density at radius 1 is 1.35 bits per heavy atom. The first-order chi connectivity index (χ1) is 11.8. The van der Waals surface area contributed by atoms with Crippen molar-refractivity contribution in [1.82, 2.24) is 10.6 Å². The topological polar surface area (TPSA) is 79.8 Å². The summed E-state index contributed by atoms with van der Waals surface area (Å²) in [5.74, 6) is 1.79. The summed E-state index contributed by atoms with van der Waals surface area (Å²) >= 11 is 0. The molecule has 1 fully saturated rings. The van der Waals surface area contributed by atoms with Crippen LogP contribution in [0.3, 0.4) is 0 Å². The fraction of sp³-hybridized carbons (Fsp3) is 0.611. The van der Waals surface area contributed by atoms with Crippen molar-refractivity contribution in [2.45, 2.75) is 37.6 Å². The van der Waals surface area contributed by atoms with Gasteiger partial charge in [0.15, 0.2) is 5.96 Å². The van der Waals surface area contributed by atoms with Crippen LogP contribution in [0, 0.1) is 0 Å². The maximum Gasteiger partial charge on any atom is 0.191 e. The van der Waals surface area contributed by atoms with Crippen molar-refractivity contribution in [2.24, 2.45) is 4.99 Å². The van der Waals surface area contributed by atoms with Gasteiger partial charge in [-0.25, -0.2) is 8.42 Å². The molecule has 148 valence electrons. The minimum absolute atomic E-state index is 0. The van der Waals surface area contributed by atoms with Gasteiger partial charge in [-0.1, -0.05) is 18.2 Å². The van der Waals surface area contributed by atoms with Gasteiger partial charge in [0.2, 0.25) is 0 Å². The van der Waals surface area contributed by atoms with E-state index in [0.29, 0.717) is 12.4 Å². The first kappa shape index (κ1) is 23.0. The van der Waals surface area contributed by atoms with E-state index in [1.807, 2.05) is 25.1 Å². The van der Waals surface area contributed by atoms with Crippen LogP contribution in [0.2, 0.25) is 0 Å². The van der Waals surface area contributed by atoms with Gasteiger partial charge in [0.1, 0.15) is 15.6 Å². The van der Waals surface area contributed by atoms with Crippen LogP contribution in [0.5, 0.6) is 5.75 Å². The van der Waals surface area contributed by atoms with Crippen molar-refractivity contribution in [3.05, 3.63) is 29.8 Å². The van der Waals surface area contributed by atoms with Crippen LogP contribution in [0.25, 0.3) is 0 Å². The summed E-state index contributed by atoms with van der Waals surface area (Å²) in [5.41, 5.74) is 1.31. The molecule has 1 aliphatic rings. The van der Waals surface area contributed by atoms with Crippen molar-refractivity contribution < 1.29 is 13.2 Å². The third kappa shape index (κ3) is 6.61. The normalized spacial score (nSPS) is 17.0. The number of hydrogen-bond donors (Lipinski definition) is 2. The standard InChI is InChI=1S/C18H29N3O3S.HI/c1-14(9-12-25(4,22)23)21-17(19-2)20-13-18(10-11-18)15-7-5-6-8-16(15)24-3;/h5-8,14H,9-13H2,1-4H3,(H2,19,20,21);1H. The van der Waals surface area contributed by atoms with E-state index < -0.39 is 9.84 Å². The number of aliphatic imine (C=N–C) groups is 1. The Bertz CT molecular complexity index is 718. The molecule has 0 radical (unpaired) electrons. The number of nitrogens with one attached hydrogen (secondary N) is 2. The molecule has 0 amide bonds. The van der Waals surface area contributed by atoms with E-state index in [2.05, 4.69) is 21.7 Å². The van der Waals surface area contributed by atoms with Crippen LogP contribution in [-0.4, -0.2) is 53.1 Å². The quantitative estimate of drug-likeness (QED) is 0.329. The number of ether oxygens (including phenoxy) is 1. The zero-order valence-electron chi connectivity index (χ0n) is 15.9.